The number of hydrogen-bond acceptors (Lipinski definition) is 4. The number of hydrogen-bond donors (Lipinski definition) is 1. The zero-order valence-electron chi connectivity index (χ0n) is 7.32. The van der Waals surface area contributed by atoms with E-state index in [0.29, 0.717) is 6.04 Å². The molecule has 0 aliphatic carbocycles. The summed E-state index contributed by atoms with van der Waals surface area (Å²) in [6.45, 7) is 2.14. The predicted molar refractivity (Wildman–Crippen MR) is 51.3 cm³/mol. The third kappa shape index (κ3) is 3.19. The fourth-order valence-electron chi connectivity index (χ4n) is 0.654. The molecule has 1 rings (SSSR count). The van der Waals surface area contributed by atoms with Crippen molar-refractivity contribution in [3.8, 4) is 0 Å². The van der Waals surface area contributed by atoms with Crippen LogP contribution >= 0.6 is 11.8 Å². The summed E-state index contributed by atoms with van der Waals surface area (Å²) in [7, 11) is 1.96. The van der Waals surface area contributed by atoms with Gasteiger partial charge in [-0.3, -0.25) is 4.98 Å². The van der Waals surface area contributed by atoms with Gasteiger partial charge < -0.3 is 5.32 Å². The fraction of sp³-hybridized carbons (Fsp3) is 0.500. The maximum atomic E-state index is 4.16. The van der Waals surface area contributed by atoms with Crippen LogP contribution in [0.2, 0.25) is 0 Å². The highest BCUT2D eigenvalue weighted by Gasteiger charge is 1.99. The van der Waals surface area contributed by atoms with Gasteiger partial charge in [0.05, 0.1) is 6.20 Å². The lowest BCUT2D eigenvalue weighted by Gasteiger charge is -2.07. The molecular formula is C8H13N3S. The molecule has 0 aliphatic rings. The van der Waals surface area contributed by atoms with Crippen LogP contribution in [0.4, 0.5) is 0 Å². The molecular weight excluding hydrogens is 170 g/mol. The van der Waals surface area contributed by atoms with Crippen molar-refractivity contribution >= 4 is 11.8 Å². The molecule has 1 aromatic rings. The van der Waals surface area contributed by atoms with Gasteiger partial charge in [0.25, 0.3) is 0 Å². The molecule has 0 fully saturated rings. The topological polar surface area (TPSA) is 37.8 Å². The van der Waals surface area contributed by atoms with Gasteiger partial charge in [-0.2, -0.15) is 0 Å². The van der Waals surface area contributed by atoms with Crippen molar-refractivity contribution in [2.75, 3.05) is 12.8 Å². The molecule has 3 nitrogen and oxygen atoms in total. The van der Waals surface area contributed by atoms with Crippen LogP contribution in [0.1, 0.15) is 6.92 Å². The minimum Gasteiger partial charge on any atom is -0.316 e. The van der Waals surface area contributed by atoms with E-state index in [-0.39, 0.29) is 0 Å². The average Bonchev–Trinajstić information content (AvgIpc) is 2.16. The summed E-state index contributed by atoms with van der Waals surface area (Å²) < 4.78 is 0. The van der Waals surface area contributed by atoms with Crippen molar-refractivity contribution in [3.63, 3.8) is 0 Å². The minimum absolute atomic E-state index is 0.511. The Morgan fingerprint density at radius 3 is 3.00 bits per heavy atom. The monoisotopic (exact) mass is 183 g/mol. The van der Waals surface area contributed by atoms with Gasteiger partial charge in [0, 0.05) is 24.2 Å². The van der Waals surface area contributed by atoms with Gasteiger partial charge in [0.1, 0.15) is 5.03 Å². The van der Waals surface area contributed by atoms with Crippen molar-refractivity contribution in [3.05, 3.63) is 18.6 Å². The molecule has 1 aromatic heterocycles. The number of aromatic nitrogens is 2. The number of thioether (sulfide) groups is 1. The molecule has 0 saturated carbocycles. The first-order valence-corrected chi connectivity index (χ1v) is 4.87. The van der Waals surface area contributed by atoms with Crippen LogP contribution in [0.15, 0.2) is 23.6 Å². The van der Waals surface area contributed by atoms with E-state index in [1.165, 1.54) is 0 Å². The highest BCUT2D eigenvalue weighted by atomic mass is 32.2. The smallest absolute Gasteiger partial charge is 0.114 e. The van der Waals surface area contributed by atoms with Crippen LogP contribution in [0.3, 0.4) is 0 Å². The van der Waals surface area contributed by atoms with E-state index in [2.05, 4.69) is 22.2 Å². The Kier molecular flexibility index (Phi) is 4.04. The van der Waals surface area contributed by atoms with Crippen molar-refractivity contribution < 1.29 is 0 Å². The van der Waals surface area contributed by atoms with E-state index in [4.69, 9.17) is 0 Å². The molecule has 12 heavy (non-hydrogen) atoms. The second kappa shape index (κ2) is 5.11. The molecule has 0 radical (unpaired) electrons. The Balaban J connectivity index is 2.33. The summed E-state index contributed by atoms with van der Waals surface area (Å²) in [6, 6.07) is 0.511. The highest BCUT2D eigenvalue weighted by Crippen LogP contribution is 2.13. The summed E-state index contributed by atoms with van der Waals surface area (Å²) in [5, 5.41) is 4.15. The van der Waals surface area contributed by atoms with Crippen molar-refractivity contribution in [2.24, 2.45) is 0 Å². The summed E-state index contributed by atoms with van der Waals surface area (Å²) in [5.41, 5.74) is 0. The quantitative estimate of drug-likeness (QED) is 0.711. The SMILES string of the molecule is CNC(C)CSc1cnccn1. The zero-order chi connectivity index (χ0) is 8.81. The van der Waals surface area contributed by atoms with Crippen LogP contribution in [-0.2, 0) is 0 Å². The lowest BCUT2D eigenvalue weighted by atomic mass is 10.4. The lowest BCUT2D eigenvalue weighted by molar-refractivity contribution is 0.677. The van der Waals surface area contributed by atoms with Crippen LogP contribution < -0.4 is 5.32 Å². The molecule has 0 spiro atoms. The normalized spacial score (nSPS) is 12.8. The van der Waals surface area contributed by atoms with Crippen molar-refractivity contribution in [1.82, 2.24) is 15.3 Å². The molecule has 0 amide bonds. The zero-order valence-corrected chi connectivity index (χ0v) is 8.14. The number of nitrogens with one attached hydrogen (secondary N) is 1. The van der Waals surface area contributed by atoms with E-state index in [1.807, 2.05) is 7.05 Å². The predicted octanol–water partition coefficient (Wildman–Crippen LogP) is 1.18. The van der Waals surface area contributed by atoms with Gasteiger partial charge in [-0.1, -0.05) is 0 Å². The van der Waals surface area contributed by atoms with Crippen molar-refractivity contribution in [2.45, 2.75) is 18.0 Å². The van der Waals surface area contributed by atoms with Crippen LogP contribution in [0.25, 0.3) is 0 Å². The number of nitrogens with zero attached hydrogens (tertiary/aromatic N) is 2. The van der Waals surface area contributed by atoms with Crippen LogP contribution in [0, 0.1) is 0 Å². The Morgan fingerprint density at radius 1 is 1.58 bits per heavy atom. The molecule has 0 aliphatic heterocycles. The molecule has 0 saturated heterocycles. The van der Waals surface area contributed by atoms with Gasteiger partial charge in [-0.15, -0.1) is 11.8 Å². The molecule has 1 unspecified atom stereocenters. The second-order valence-corrected chi connectivity index (χ2v) is 3.58. The van der Waals surface area contributed by atoms with E-state index in [1.54, 1.807) is 30.4 Å². The van der Waals surface area contributed by atoms with Crippen molar-refractivity contribution in [1.29, 1.82) is 0 Å². The Morgan fingerprint density at radius 2 is 2.42 bits per heavy atom. The van der Waals surface area contributed by atoms with Gasteiger partial charge >= 0.3 is 0 Å². The molecule has 1 heterocycles. The summed E-state index contributed by atoms with van der Waals surface area (Å²) in [5.74, 6) is 1.02. The Hall–Kier alpha value is -0.610. The Bertz CT molecular complexity index is 215. The Labute approximate surface area is 77.0 Å². The summed E-state index contributed by atoms with van der Waals surface area (Å²) in [4.78, 5) is 8.14. The summed E-state index contributed by atoms with van der Waals surface area (Å²) in [6.07, 6.45) is 5.19. The summed E-state index contributed by atoms with van der Waals surface area (Å²) >= 11 is 1.72. The van der Waals surface area contributed by atoms with E-state index in [0.717, 1.165) is 10.8 Å². The van der Waals surface area contributed by atoms with Gasteiger partial charge in [-0.25, -0.2) is 4.98 Å². The second-order valence-electron chi connectivity index (χ2n) is 2.54. The van der Waals surface area contributed by atoms with Gasteiger partial charge in [0.15, 0.2) is 0 Å². The molecule has 66 valence electrons. The van der Waals surface area contributed by atoms with Gasteiger partial charge in [-0.05, 0) is 14.0 Å². The first-order valence-electron chi connectivity index (χ1n) is 3.89. The third-order valence-corrected chi connectivity index (χ3v) is 2.69. The molecule has 1 N–H and O–H groups in total. The largest absolute Gasteiger partial charge is 0.316 e. The van der Waals surface area contributed by atoms with Crippen LogP contribution in [-0.4, -0.2) is 28.8 Å². The average molecular weight is 183 g/mol. The van der Waals surface area contributed by atoms with Crippen LogP contribution in [0.5, 0.6) is 0 Å². The standard InChI is InChI=1S/C8H13N3S/c1-7(9-2)6-12-8-5-10-3-4-11-8/h3-5,7,9H,6H2,1-2H3. The maximum Gasteiger partial charge on any atom is 0.114 e. The lowest BCUT2D eigenvalue weighted by Crippen LogP contribution is -2.23. The molecule has 4 heteroatoms. The minimum atomic E-state index is 0.511. The highest BCUT2D eigenvalue weighted by molar-refractivity contribution is 7.99. The third-order valence-electron chi connectivity index (χ3n) is 1.51. The van der Waals surface area contributed by atoms with E-state index >= 15 is 0 Å². The first kappa shape index (κ1) is 9.48. The molecule has 0 aromatic carbocycles. The number of rotatable bonds is 4. The van der Waals surface area contributed by atoms with E-state index < -0.39 is 0 Å². The first-order chi connectivity index (χ1) is 5.83. The molecule has 1 atom stereocenters. The van der Waals surface area contributed by atoms with E-state index in [9.17, 15) is 0 Å². The fourth-order valence-corrected chi connectivity index (χ4v) is 1.51. The molecule has 0 bridgehead atoms. The maximum absolute atomic E-state index is 4.16. The van der Waals surface area contributed by atoms with Gasteiger partial charge in [0.2, 0.25) is 0 Å².